The maximum atomic E-state index is 12.5. The maximum Gasteiger partial charge on any atom is 0.251 e. The molecular weight excluding hydrogens is 446 g/mol. The van der Waals surface area contributed by atoms with Crippen LogP contribution in [0.4, 0.5) is 11.4 Å². The van der Waals surface area contributed by atoms with E-state index in [0.717, 1.165) is 13.0 Å². The van der Waals surface area contributed by atoms with Crippen molar-refractivity contribution in [1.29, 1.82) is 0 Å². The van der Waals surface area contributed by atoms with Crippen LogP contribution in [-0.2, 0) is 16.6 Å². The first-order valence-corrected chi connectivity index (χ1v) is 11.5. The molecule has 170 valence electrons. The standard InChI is InChI=1S/C21H21N7O4S/c22-33(31,32)16-5-3-15(4-6-16)26-27-19-17-12-14(2-7-18(17)25-21(19)30)20(29)24-8-1-10-28-11-9-23-13-28/h2-7,9,11-13,25,30H,1,8,10H2,(H,24,29)(H2,22,31,32). The van der Waals surface area contributed by atoms with Gasteiger partial charge in [-0.3, -0.25) is 4.79 Å². The van der Waals surface area contributed by atoms with Crippen LogP contribution in [-0.4, -0.2) is 40.5 Å². The highest BCUT2D eigenvalue weighted by Crippen LogP contribution is 2.36. The number of primary sulfonamides is 1. The predicted octanol–water partition coefficient (Wildman–Crippen LogP) is 2.95. The van der Waals surface area contributed by atoms with Crippen LogP contribution in [0.2, 0.25) is 0 Å². The number of benzene rings is 2. The second-order valence-electron chi connectivity index (χ2n) is 7.23. The minimum Gasteiger partial charge on any atom is -0.493 e. The number of aryl methyl sites for hydroxylation is 1. The van der Waals surface area contributed by atoms with E-state index >= 15 is 0 Å². The van der Waals surface area contributed by atoms with Crippen molar-refractivity contribution in [2.24, 2.45) is 15.4 Å². The van der Waals surface area contributed by atoms with Crippen LogP contribution in [0.15, 0.2) is 76.3 Å². The molecule has 11 nitrogen and oxygen atoms in total. The van der Waals surface area contributed by atoms with Gasteiger partial charge in [0, 0.05) is 36.4 Å². The highest BCUT2D eigenvalue weighted by atomic mass is 32.2. The van der Waals surface area contributed by atoms with Crippen LogP contribution in [0.1, 0.15) is 16.8 Å². The zero-order valence-electron chi connectivity index (χ0n) is 17.3. The number of hydrogen-bond acceptors (Lipinski definition) is 7. The SMILES string of the molecule is NS(=O)(=O)c1ccc(N=Nc2c(O)[nH]c3ccc(C(=O)NCCCn4ccnc4)cc23)cc1. The van der Waals surface area contributed by atoms with Crippen molar-refractivity contribution in [3.8, 4) is 5.88 Å². The number of sulfonamides is 1. The van der Waals surface area contributed by atoms with E-state index < -0.39 is 10.0 Å². The molecule has 0 saturated carbocycles. The van der Waals surface area contributed by atoms with E-state index in [1.165, 1.54) is 24.3 Å². The van der Waals surface area contributed by atoms with Gasteiger partial charge in [0.15, 0.2) is 5.69 Å². The van der Waals surface area contributed by atoms with E-state index in [2.05, 4.69) is 25.5 Å². The van der Waals surface area contributed by atoms with Crippen LogP contribution >= 0.6 is 0 Å². The summed E-state index contributed by atoms with van der Waals surface area (Å²) in [5, 5.41) is 26.8. The average Bonchev–Trinajstić information content (AvgIpc) is 3.41. The number of H-pyrrole nitrogens is 1. The maximum absolute atomic E-state index is 12.5. The number of carbonyl (C=O) groups excluding carboxylic acids is 1. The van der Waals surface area contributed by atoms with E-state index in [1.807, 2.05) is 10.8 Å². The summed E-state index contributed by atoms with van der Waals surface area (Å²) in [4.78, 5) is 19.3. The fourth-order valence-electron chi connectivity index (χ4n) is 3.20. The first kappa shape index (κ1) is 22.2. The van der Waals surface area contributed by atoms with Crippen LogP contribution in [0.3, 0.4) is 0 Å². The second kappa shape index (κ2) is 9.22. The fourth-order valence-corrected chi connectivity index (χ4v) is 3.72. The topological polar surface area (TPSA) is 168 Å². The Morgan fingerprint density at radius 3 is 2.67 bits per heavy atom. The largest absolute Gasteiger partial charge is 0.493 e. The molecule has 0 aliphatic heterocycles. The third-order valence-corrected chi connectivity index (χ3v) is 5.81. The Morgan fingerprint density at radius 1 is 1.18 bits per heavy atom. The zero-order valence-corrected chi connectivity index (χ0v) is 18.2. The van der Waals surface area contributed by atoms with E-state index in [4.69, 9.17) is 5.14 Å². The molecular formula is C21H21N7O4S. The van der Waals surface area contributed by atoms with Gasteiger partial charge in [-0.05, 0) is 48.9 Å². The van der Waals surface area contributed by atoms with Gasteiger partial charge in [-0.2, -0.15) is 5.11 Å². The van der Waals surface area contributed by atoms with Gasteiger partial charge in [-0.25, -0.2) is 18.5 Å². The van der Waals surface area contributed by atoms with Gasteiger partial charge in [-0.1, -0.05) is 0 Å². The lowest BCUT2D eigenvalue weighted by atomic mass is 10.1. The van der Waals surface area contributed by atoms with Gasteiger partial charge < -0.3 is 20.0 Å². The third kappa shape index (κ3) is 5.25. The average molecular weight is 468 g/mol. The van der Waals surface area contributed by atoms with Gasteiger partial charge in [0.2, 0.25) is 15.9 Å². The number of hydrogen-bond donors (Lipinski definition) is 4. The summed E-state index contributed by atoms with van der Waals surface area (Å²) in [6.07, 6.45) is 6.03. The van der Waals surface area contributed by atoms with Crippen LogP contribution < -0.4 is 10.5 Å². The van der Waals surface area contributed by atoms with Crippen LogP contribution in [0.25, 0.3) is 10.9 Å². The first-order valence-electron chi connectivity index (χ1n) is 9.94. The summed E-state index contributed by atoms with van der Waals surface area (Å²) in [6, 6.07) is 10.5. The third-order valence-electron chi connectivity index (χ3n) is 4.88. The number of nitrogens with zero attached hydrogens (tertiary/aromatic N) is 4. The lowest BCUT2D eigenvalue weighted by Gasteiger charge is -2.06. The van der Waals surface area contributed by atoms with Gasteiger partial charge in [0.1, 0.15) is 0 Å². The molecule has 0 saturated heterocycles. The molecule has 2 aromatic heterocycles. The summed E-state index contributed by atoms with van der Waals surface area (Å²) >= 11 is 0. The minimum atomic E-state index is -3.81. The summed E-state index contributed by atoms with van der Waals surface area (Å²) < 4.78 is 24.6. The summed E-state index contributed by atoms with van der Waals surface area (Å²) in [6.45, 7) is 1.24. The van der Waals surface area contributed by atoms with Gasteiger partial charge >= 0.3 is 0 Å². The molecule has 0 fully saturated rings. The van der Waals surface area contributed by atoms with Crippen LogP contribution in [0.5, 0.6) is 5.88 Å². The minimum absolute atomic E-state index is 0.0444. The number of nitrogens with two attached hydrogens (primary N) is 1. The number of imidazole rings is 1. The molecule has 4 rings (SSSR count). The van der Waals surface area contributed by atoms with Gasteiger partial charge in [-0.15, -0.1) is 5.11 Å². The molecule has 2 aromatic carbocycles. The summed E-state index contributed by atoms with van der Waals surface area (Å²) in [5.41, 5.74) is 1.53. The van der Waals surface area contributed by atoms with Crippen molar-refractivity contribution in [2.45, 2.75) is 17.9 Å². The van der Waals surface area contributed by atoms with Crippen LogP contribution in [0, 0.1) is 0 Å². The number of amides is 1. The molecule has 0 aliphatic carbocycles. The number of fused-ring (bicyclic) bond motifs is 1. The van der Waals surface area contributed by atoms with Gasteiger partial charge in [0.05, 0.1) is 22.4 Å². The molecule has 5 N–H and O–H groups in total. The molecule has 0 spiro atoms. The summed E-state index contributed by atoms with van der Waals surface area (Å²) in [7, 11) is -3.81. The van der Waals surface area contributed by atoms with E-state index in [1.54, 1.807) is 30.7 Å². The lowest BCUT2D eigenvalue weighted by Crippen LogP contribution is -2.25. The number of aromatic amines is 1. The molecule has 0 radical (unpaired) electrons. The molecule has 4 aromatic rings. The molecule has 0 aliphatic rings. The fraction of sp³-hybridized carbons (Fsp3) is 0.143. The molecule has 1 amide bonds. The van der Waals surface area contributed by atoms with Crippen molar-refractivity contribution >= 4 is 38.2 Å². The number of nitrogens with one attached hydrogen (secondary N) is 2. The Morgan fingerprint density at radius 2 is 1.97 bits per heavy atom. The molecule has 0 unspecified atom stereocenters. The molecule has 2 heterocycles. The number of rotatable bonds is 8. The highest BCUT2D eigenvalue weighted by molar-refractivity contribution is 7.89. The van der Waals surface area contributed by atoms with E-state index in [9.17, 15) is 18.3 Å². The highest BCUT2D eigenvalue weighted by Gasteiger charge is 2.14. The number of aromatic nitrogens is 3. The Kier molecular flexibility index (Phi) is 6.20. The molecule has 12 heteroatoms. The van der Waals surface area contributed by atoms with Crippen molar-refractivity contribution in [1.82, 2.24) is 19.9 Å². The molecule has 0 atom stereocenters. The Balaban J connectivity index is 1.48. The zero-order chi connectivity index (χ0) is 23.4. The smallest absolute Gasteiger partial charge is 0.251 e. The second-order valence-corrected chi connectivity index (χ2v) is 8.79. The van der Waals surface area contributed by atoms with Gasteiger partial charge in [0.25, 0.3) is 5.91 Å². The summed E-state index contributed by atoms with van der Waals surface area (Å²) in [5.74, 6) is -0.447. The number of carbonyl (C=O) groups is 1. The van der Waals surface area contributed by atoms with E-state index in [0.29, 0.717) is 28.7 Å². The number of azo groups is 1. The normalized spacial score (nSPS) is 11.9. The van der Waals surface area contributed by atoms with Crippen molar-refractivity contribution in [3.63, 3.8) is 0 Å². The number of aromatic hydroxyl groups is 1. The van der Waals surface area contributed by atoms with Crippen molar-refractivity contribution in [3.05, 3.63) is 66.7 Å². The molecule has 33 heavy (non-hydrogen) atoms. The van der Waals surface area contributed by atoms with Crippen molar-refractivity contribution in [2.75, 3.05) is 6.54 Å². The Bertz CT molecular complexity index is 1410. The monoisotopic (exact) mass is 467 g/mol. The first-order chi connectivity index (χ1) is 15.8. The Hall–Kier alpha value is -4.03. The lowest BCUT2D eigenvalue weighted by molar-refractivity contribution is 0.0953. The quantitative estimate of drug-likeness (QED) is 0.230. The molecule has 0 bridgehead atoms. The predicted molar refractivity (Wildman–Crippen MR) is 121 cm³/mol. The van der Waals surface area contributed by atoms with E-state index in [-0.39, 0.29) is 22.4 Å². The Labute approximate surface area is 189 Å². The van der Waals surface area contributed by atoms with Crippen molar-refractivity contribution < 1.29 is 18.3 Å².